The van der Waals surface area contributed by atoms with Crippen LogP contribution in [0.3, 0.4) is 0 Å². The van der Waals surface area contributed by atoms with E-state index in [9.17, 15) is 4.79 Å². The number of carbonyl (C=O) groups is 1. The first-order chi connectivity index (χ1) is 8.61. The predicted octanol–water partition coefficient (Wildman–Crippen LogP) is 0.0161. The van der Waals surface area contributed by atoms with Crippen molar-refractivity contribution < 1.29 is 9.53 Å². The summed E-state index contributed by atoms with van der Waals surface area (Å²) in [6.45, 7) is 0.413. The van der Waals surface area contributed by atoms with Gasteiger partial charge in [0.15, 0.2) is 11.5 Å². The molecule has 18 heavy (non-hydrogen) atoms. The molecule has 1 amide bonds. The van der Waals surface area contributed by atoms with Gasteiger partial charge in [0.05, 0.1) is 13.7 Å². The van der Waals surface area contributed by atoms with E-state index in [1.165, 1.54) is 4.68 Å². The topological polar surface area (TPSA) is 109 Å². The quantitative estimate of drug-likeness (QED) is 0.791. The Morgan fingerprint density at radius 2 is 2.06 bits per heavy atom. The molecule has 0 aliphatic carbocycles. The molecule has 0 spiro atoms. The molecule has 7 nitrogen and oxygen atoms in total. The number of methoxy groups -OCH3 is 1. The van der Waals surface area contributed by atoms with Crippen LogP contribution in [0.2, 0.25) is 0 Å². The number of hydrogen-bond acceptors (Lipinski definition) is 5. The van der Waals surface area contributed by atoms with Crippen LogP contribution < -0.4 is 16.2 Å². The lowest BCUT2D eigenvalue weighted by Gasteiger charge is -2.04. The van der Waals surface area contributed by atoms with Crippen LogP contribution in [0.5, 0.6) is 5.75 Å². The van der Waals surface area contributed by atoms with E-state index < -0.39 is 5.91 Å². The highest BCUT2D eigenvalue weighted by Gasteiger charge is 2.14. The average Bonchev–Trinajstić information content (AvgIpc) is 2.72. The predicted molar refractivity (Wildman–Crippen MR) is 65.0 cm³/mol. The van der Waals surface area contributed by atoms with Gasteiger partial charge in [0.2, 0.25) is 0 Å². The molecule has 0 aliphatic rings. The lowest BCUT2D eigenvalue weighted by atomic mass is 10.2. The number of hydrogen-bond donors (Lipinski definition) is 2. The van der Waals surface area contributed by atoms with Crippen molar-refractivity contribution in [1.29, 1.82) is 0 Å². The Bertz CT molecular complexity index is 561. The van der Waals surface area contributed by atoms with Crippen LogP contribution in [-0.4, -0.2) is 28.0 Å². The number of benzene rings is 1. The number of nitrogens with two attached hydrogens (primary N) is 2. The van der Waals surface area contributed by atoms with Crippen LogP contribution in [-0.2, 0) is 6.54 Å². The monoisotopic (exact) mass is 247 g/mol. The highest BCUT2D eigenvalue weighted by Crippen LogP contribution is 2.14. The molecule has 2 rings (SSSR count). The van der Waals surface area contributed by atoms with E-state index in [2.05, 4.69) is 10.3 Å². The average molecular weight is 247 g/mol. The first-order valence-corrected chi connectivity index (χ1v) is 5.23. The third-order valence-electron chi connectivity index (χ3n) is 2.50. The van der Waals surface area contributed by atoms with Crippen molar-refractivity contribution in [3.63, 3.8) is 0 Å². The summed E-state index contributed by atoms with van der Waals surface area (Å²) in [6, 6.07) is 7.42. The van der Waals surface area contributed by atoms with Gasteiger partial charge in [-0.1, -0.05) is 17.3 Å². The van der Waals surface area contributed by atoms with Crippen molar-refractivity contribution in [2.45, 2.75) is 6.54 Å². The van der Waals surface area contributed by atoms with E-state index in [0.29, 0.717) is 6.54 Å². The van der Waals surface area contributed by atoms with Gasteiger partial charge in [0.25, 0.3) is 5.91 Å². The van der Waals surface area contributed by atoms with Gasteiger partial charge in [-0.05, 0) is 17.7 Å². The van der Waals surface area contributed by atoms with Crippen LogP contribution in [0.15, 0.2) is 24.3 Å². The third-order valence-corrected chi connectivity index (χ3v) is 2.50. The number of nitrogen functional groups attached to an aromatic ring is 1. The molecule has 1 heterocycles. The Kier molecular flexibility index (Phi) is 3.13. The second kappa shape index (κ2) is 4.74. The third kappa shape index (κ3) is 2.24. The summed E-state index contributed by atoms with van der Waals surface area (Å²) in [4.78, 5) is 11.0. The summed E-state index contributed by atoms with van der Waals surface area (Å²) in [6.07, 6.45) is 0. The maximum atomic E-state index is 11.0. The molecule has 0 unspecified atom stereocenters. The fraction of sp³-hybridized carbons (Fsp3) is 0.182. The number of carbonyl (C=O) groups excluding carboxylic acids is 1. The van der Waals surface area contributed by atoms with Crippen molar-refractivity contribution in [2.75, 3.05) is 12.8 Å². The summed E-state index contributed by atoms with van der Waals surface area (Å²) < 4.78 is 6.48. The normalized spacial score (nSPS) is 10.3. The van der Waals surface area contributed by atoms with Gasteiger partial charge in [-0.2, -0.15) is 0 Å². The lowest BCUT2D eigenvalue weighted by molar-refractivity contribution is 0.0996. The second-order valence-electron chi connectivity index (χ2n) is 3.69. The largest absolute Gasteiger partial charge is 0.497 e. The Hall–Kier alpha value is -2.57. The molecule has 0 saturated carbocycles. The van der Waals surface area contributed by atoms with Crippen LogP contribution >= 0.6 is 0 Å². The van der Waals surface area contributed by atoms with E-state index in [4.69, 9.17) is 16.2 Å². The number of ether oxygens (including phenoxy) is 1. The van der Waals surface area contributed by atoms with Crippen LogP contribution in [0, 0.1) is 0 Å². The zero-order chi connectivity index (χ0) is 13.1. The van der Waals surface area contributed by atoms with Gasteiger partial charge in [-0.15, -0.1) is 5.10 Å². The van der Waals surface area contributed by atoms with Crippen molar-refractivity contribution >= 4 is 11.7 Å². The molecule has 94 valence electrons. The number of aromatic nitrogens is 3. The molecule has 2 aromatic rings. The molecule has 1 aromatic heterocycles. The van der Waals surface area contributed by atoms with E-state index >= 15 is 0 Å². The zero-order valence-corrected chi connectivity index (χ0v) is 9.83. The Morgan fingerprint density at radius 3 is 2.56 bits per heavy atom. The van der Waals surface area contributed by atoms with Gasteiger partial charge >= 0.3 is 0 Å². The van der Waals surface area contributed by atoms with E-state index in [1.54, 1.807) is 7.11 Å². The van der Waals surface area contributed by atoms with E-state index in [-0.39, 0.29) is 11.5 Å². The molecule has 0 saturated heterocycles. The zero-order valence-electron chi connectivity index (χ0n) is 9.83. The minimum Gasteiger partial charge on any atom is -0.497 e. The fourth-order valence-corrected chi connectivity index (χ4v) is 1.52. The molecule has 0 bridgehead atoms. The molecule has 7 heteroatoms. The minimum atomic E-state index is -0.687. The lowest BCUT2D eigenvalue weighted by Crippen LogP contribution is -2.14. The fourth-order valence-electron chi connectivity index (χ4n) is 1.52. The van der Waals surface area contributed by atoms with Gasteiger partial charge in [-0.3, -0.25) is 4.79 Å². The second-order valence-corrected chi connectivity index (χ2v) is 3.69. The maximum Gasteiger partial charge on any atom is 0.273 e. The highest BCUT2D eigenvalue weighted by molar-refractivity contribution is 5.94. The van der Waals surface area contributed by atoms with E-state index in [0.717, 1.165) is 11.3 Å². The smallest absolute Gasteiger partial charge is 0.273 e. The van der Waals surface area contributed by atoms with Crippen LogP contribution in [0.4, 0.5) is 5.82 Å². The molecule has 0 aliphatic heterocycles. The molecular weight excluding hydrogens is 234 g/mol. The number of rotatable bonds is 4. The molecular formula is C11H13N5O2. The summed E-state index contributed by atoms with van der Waals surface area (Å²) in [7, 11) is 1.60. The first-order valence-electron chi connectivity index (χ1n) is 5.23. The van der Waals surface area contributed by atoms with Gasteiger partial charge in [0, 0.05) is 0 Å². The van der Waals surface area contributed by atoms with Crippen molar-refractivity contribution in [3.05, 3.63) is 35.5 Å². The molecule has 0 radical (unpaired) electrons. The number of anilines is 1. The summed E-state index contributed by atoms with van der Waals surface area (Å²) >= 11 is 0. The number of nitrogens with zero attached hydrogens (tertiary/aromatic N) is 3. The van der Waals surface area contributed by atoms with Crippen molar-refractivity contribution in [2.24, 2.45) is 5.73 Å². The summed E-state index contributed by atoms with van der Waals surface area (Å²) in [5.41, 5.74) is 11.8. The van der Waals surface area contributed by atoms with Gasteiger partial charge in [0.1, 0.15) is 5.75 Å². The SMILES string of the molecule is COc1ccc(Cn2nnc(C(N)=O)c2N)cc1. The van der Waals surface area contributed by atoms with Crippen molar-refractivity contribution in [3.8, 4) is 5.75 Å². The van der Waals surface area contributed by atoms with Crippen LogP contribution in [0.1, 0.15) is 16.1 Å². The molecule has 1 aromatic carbocycles. The van der Waals surface area contributed by atoms with Gasteiger partial charge in [-0.25, -0.2) is 4.68 Å². The number of amides is 1. The standard InChI is InChI=1S/C11H13N5O2/c1-18-8-4-2-7(3-5-8)6-16-10(12)9(11(13)17)14-15-16/h2-5H,6,12H2,1H3,(H2,13,17). The molecule has 4 N–H and O–H groups in total. The molecule has 0 fully saturated rings. The minimum absolute atomic E-state index is 0.0106. The Balaban J connectivity index is 2.20. The Morgan fingerprint density at radius 1 is 1.39 bits per heavy atom. The number of primary amides is 1. The summed E-state index contributed by atoms with van der Waals surface area (Å²) in [5.74, 6) is 0.245. The van der Waals surface area contributed by atoms with Crippen LogP contribution in [0.25, 0.3) is 0 Å². The highest BCUT2D eigenvalue weighted by atomic mass is 16.5. The van der Waals surface area contributed by atoms with E-state index in [1.807, 2.05) is 24.3 Å². The Labute approximate surface area is 103 Å². The summed E-state index contributed by atoms with van der Waals surface area (Å²) in [5, 5.41) is 7.42. The van der Waals surface area contributed by atoms with Crippen molar-refractivity contribution in [1.82, 2.24) is 15.0 Å². The maximum absolute atomic E-state index is 11.0. The van der Waals surface area contributed by atoms with Gasteiger partial charge < -0.3 is 16.2 Å². The first kappa shape index (κ1) is 11.9. The molecule has 0 atom stereocenters.